The van der Waals surface area contributed by atoms with Crippen LogP contribution in [0.5, 0.6) is 0 Å². The SMILES string of the molecule is COC(=O)c1ccccc1NC(=O)c1ccc2c(c1)NC(=O)C(C)S2. The van der Waals surface area contributed by atoms with Crippen LogP contribution in [0.15, 0.2) is 47.4 Å². The minimum absolute atomic E-state index is 0.0916. The molecule has 3 rings (SSSR count). The molecule has 0 fully saturated rings. The van der Waals surface area contributed by atoms with Crippen LogP contribution in [-0.2, 0) is 9.53 Å². The largest absolute Gasteiger partial charge is 0.465 e. The molecule has 6 nitrogen and oxygen atoms in total. The maximum Gasteiger partial charge on any atom is 0.339 e. The monoisotopic (exact) mass is 356 g/mol. The van der Waals surface area contributed by atoms with Crippen LogP contribution in [-0.4, -0.2) is 30.1 Å². The smallest absolute Gasteiger partial charge is 0.339 e. The first kappa shape index (κ1) is 17.0. The van der Waals surface area contributed by atoms with Crippen LogP contribution in [0.1, 0.15) is 27.6 Å². The summed E-state index contributed by atoms with van der Waals surface area (Å²) < 4.78 is 4.72. The average Bonchev–Trinajstić information content (AvgIpc) is 2.62. The van der Waals surface area contributed by atoms with E-state index in [1.165, 1.54) is 18.9 Å². The highest BCUT2D eigenvalue weighted by Gasteiger charge is 2.24. The Labute approximate surface area is 148 Å². The van der Waals surface area contributed by atoms with Gasteiger partial charge in [0, 0.05) is 10.5 Å². The van der Waals surface area contributed by atoms with E-state index in [-0.39, 0.29) is 22.6 Å². The Morgan fingerprint density at radius 1 is 1.20 bits per heavy atom. The van der Waals surface area contributed by atoms with Crippen LogP contribution in [0.4, 0.5) is 11.4 Å². The minimum Gasteiger partial charge on any atom is -0.465 e. The fourth-order valence-electron chi connectivity index (χ4n) is 2.42. The van der Waals surface area contributed by atoms with E-state index in [0.29, 0.717) is 16.9 Å². The van der Waals surface area contributed by atoms with Crippen LogP contribution in [0.25, 0.3) is 0 Å². The van der Waals surface area contributed by atoms with Crippen LogP contribution in [0.2, 0.25) is 0 Å². The molecule has 1 aliphatic rings. The first-order chi connectivity index (χ1) is 12.0. The molecule has 7 heteroatoms. The van der Waals surface area contributed by atoms with Gasteiger partial charge in [-0.15, -0.1) is 11.8 Å². The van der Waals surface area contributed by atoms with Crippen molar-refractivity contribution in [3.63, 3.8) is 0 Å². The second-order valence-corrected chi connectivity index (χ2v) is 6.83. The number of hydrogen-bond acceptors (Lipinski definition) is 5. The molecule has 2 amide bonds. The normalized spacial score (nSPS) is 15.8. The van der Waals surface area contributed by atoms with Gasteiger partial charge in [0.15, 0.2) is 0 Å². The molecular formula is C18H16N2O4S. The van der Waals surface area contributed by atoms with Gasteiger partial charge >= 0.3 is 5.97 Å². The zero-order valence-electron chi connectivity index (χ0n) is 13.7. The van der Waals surface area contributed by atoms with Gasteiger partial charge in [0.1, 0.15) is 0 Å². The van der Waals surface area contributed by atoms with Crippen LogP contribution in [0.3, 0.4) is 0 Å². The Bertz CT molecular complexity index is 866. The molecule has 2 aromatic carbocycles. The maximum absolute atomic E-state index is 12.5. The Hall–Kier alpha value is -2.80. The number of fused-ring (bicyclic) bond motifs is 1. The second-order valence-electron chi connectivity index (χ2n) is 5.45. The molecule has 0 radical (unpaired) electrons. The van der Waals surface area contributed by atoms with Gasteiger partial charge in [0.25, 0.3) is 5.91 Å². The van der Waals surface area contributed by atoms with E-state index in [2.05, 4.69) is 10.6 Å². The number of hydrogen-bond donors (Lipinski definition) is 2. The molecule has 0 spiro atoms. The number of para-hydroxylation sites is 1. The first-order valence-electron chi connectivity index (χ1n) is 7.60. The molecule has 0 aliphatic carbocycles. The third-order valence-electron chi connectivity index (χ3n) is 3.75. The van der Waals surface area contributed by atoms with Crippen molar-refractivity contribution in [1.82, 2.24) is 0 Å². The van der Waals surface area contributed by atoms with Crippen molar-refractivity contribution < 1.29 is 19.1 Å². The topological polar surface area (TPSA) is 84.5 Å². The molecule has 0 saturated carbocycles. The van der Waals surface area contributed by atoms with Gasteiger partial charge in [-0.05, 0) is 37.3 Å². The lowest BCUT2D eigenvalue weighted by molar-refractivity contribution is -0.115. The van der Waals surface area contributed by atoms with Crippen molar-refractivity contribution in [3.8, 4) is 0 Å². The number of anilines is 2. The minimum atomic E-state index is -0.529. The molecule has 25 heavy (non-hydrogen) atoms. The highest BCUT2D eigenvalue weighted by molar-refractivity contribution is 8.00. The predicted octanol–water partition coefficient (Wildman–Crippen LogP) is 3.16. The number of thioether (sulfide) groups is 1. The summed E-state index contributed by atoms with van der Waals surface area (Å²) in [7, 11) is 1.28. The number of methoxy groups -OCH3 is 1. The van der Waals surface area contributed by atoms with Gasteiger partial charge in [-0.25, -0.2) is 4.79 Å². The molecular weight excluding hydrogens is 340 g/mol. The zero-order chi connectivity index (χ0) is 18.0. The first-order valence-corrected chi connectivity index (χ1v) is 8.48. The van der Waals surface area contributed by atoms with E-state index in [4.69, 9.17) is 4.74 Å². The van der Waals surface area contributed by atoms with Crippen LogP contribution < -0.4 is 10.6 Å². The van der Waals surface area contributed by atoms with Crippen molar-refractivity contribution in [2.45, 2.75) is 17.1 Å². The fraction of sp³-hybridized carbons (Fsp3) is 0.167. The Balaban J connectivity index is 1.85. The summed E-state index contributed by atoms with van der Waals surface area (Å²) in [4.78, 5) is 37.0. The molecule has 0 bridgehead atoms. The van der Waals surface area contributed by atoms with E-state index in [1.54, 1.807) is 42.5 Å². The van der Waals surface area contributed by atoms with Crippen LogP contribution in [0, 0.1) is 0 Å². The number of benzene rings is 2. The quantitative estimate of drug-likeness (QED) is 0.825. The summed E-state index contributed by atoms with van der Waals surface area (Å²) in [5.74, 6) is -0.998. The van der Waals surface area contributed by atoms with E-state index in [1.807, 2.05) is 6.92 Å². The summed E-state index contributed by atoms with van der Waals surface area (Å²) in [6.07, 6.45) is 0. The fourth-order valence-corrected chi connectivity index (χ4v) is 3.35. The lowest BCUT2D eigenvalue weighted by atomic mass is 10.1. The molecule has 1 unspecified atom stereocenters. The lowest BCUT2D eigenvalue weighted by Gasteiger charge is -2.21. The summed E-state index contributed by atoms with van der Waals surface area (Å²) in [5, 5.41) is 5.34. The number of rotatable bonds is 3. The third kappa shape index (κ3) is 3.51. The number of ether oxygens (including phenoxy) is 1. The van der Waals surface area contributed by atoms with Gasteiger partial charge in [0.2, 0.25) is 5.91 Å². The molecule has 128 valence electrons. The highest BCUT2D eigenvalue weighted by Crippen LogP contribution is 2.36. The molecule has 1 aliphatic heterocycles. The predicted molar refractivity (Wildman–Crippen MR) is 96.1 cm³/mol. The molecule has 0 saturated heterocycles. The number of esters is 1. The second kappa shape index (κ2) is 6.98. The Kier molecular flexibility index (Phi) is 4.76. The molecule has 2 aromatic rings. The van der Waals surface area contributed by atoms with Gasteiger partial charge < -0.3 is 15.4 Å². The van der Waals surface area contributed by atoms with Gasteiger partial charge in [-0.3, -0.25) is 9.59 Å². The molecule has 0 aromatic heterocycles. The number of amides is 2. The van der Waals surface area contributed by atoms with E-state index in [9.17, 15) is 14.4 Å². The van der Waals surface area contributed by atoms with Crippen molar-refractivity contribution in [1.29, 1.82) is 0 Å². The third-order valence-corrected chi connectivity index (χ3v) is 4.93. The van der Waals surface area contributed by atoms with Crippen LogP contribution >= 0.6 is 11.8 Å². The van der Waals surface area contributed by atoms with E-state index >= 15 is 0 Å². The van der Waals surface area contributed by atoms with Crippen molar-refractivity contribution in [3.05, 3.63) is 53.6 Å². The number of carbonyl (C=O) groups is 3. The van der Waals surface area contributed by atoms with E-state index in [0.717, 1.165) is 4.90 Å². The number of nitrogens with one attached hydrogen (secondary N) is 2. The number of carbonyl (C=O) groups excluding carboxylic acids is 3. The van der Waals surface area contributed by atoms with Gasteiger partial charge in [-0.1, -0.05) is 12.1 Å². The maximum atomic E-state index is 12.5. The molecule has 1 heterocycles. The van der Waals surface area contributed by atoms with E-state index < -0.39 is 5.97 Å². The summed E-state index contributed by atoms with van der Waals surface area (Å²) >= 11 is 1.45. The van der Waals surface area contributed by atoms with Crippen molar-refractivity contribution in [2.75, 3.05) is 17.7 Å². The molecule has 2 N–H and O–H groups in total. The molecule has 1 atom stereocenters. The Morgan fingerprint density at radius 2 is 1.96 bits per heavy atom. The van der Waals surface area contributed by atoms with Gasteiger partial charge in [0.05, 0.1) is 29.3 Å². The summed E-state index contributed by atoms with van der Waals surface area (Å²) in [6.45, 7) is 1.83. The summed E-state index contributed by atoms with van der Waals surface area (Å²) in [5.41, 5.74) is 1.63. The van der Waals surface area contributed by atoms with Gasteiger partial charge in [-0.2, -0.15) is 0 Å². The standard InChI is InChI=1S/C18H16N2O4S/c1-10-16(21)20-14-9-11(7-8-15(14)25-10)17(22)19-13-6-4-3-5-12(13)18(23)24-2/h3-10H,1-2H3,(H,19,22)(H,20,21). The zero-order valence-corrected chi connectivity index (χ0v) is 14.5. The van der Waals surface area contributed by atoms with Crippen molar-refractivity contribution in [2.24, 2.45) is 0 Å². The lowest BCUT2D eigenvalue weighted by Crippen LogP contribution is -2.26. The average molecular weight is 356 g/mol. The Morgan fingerprint density at radius 3 is 2.72 bits per heavy atom. The van der Waals surface area contributed by atoms with Crippen molar-refractivity contribution >= 4 is 40.9 Å². The summed E-state index contributed by atoms with van der Waals surface area (Å²) in [6, 6.07) is 11.7. The highest BCUT2D eigenvalue weighted by atomic mass is 32.2.